The highest BCUT2D eigenvalue weighted by Gasteiger charge is 2.36. The molecule has 6 rings (SSSR count). The van der Waals surface area contributed by atoms with Gasteiger partial charge in [-0.05, 0) is 45.7 Å². The van der Waals surface area contributed by atoms with E-state index in [4.69, 9.17) is 23.7 Å². The molecular weight excluding hydrogens is 642 g/mol. The molecule has 13 heteroatoms. The number of benzene rings is 2. The Morgan fingerprint density at radius 3 is 1.62 bits per heavy atom. The lowest BCUT2D eigenvalue weighted by Crippen LogP contribution is -2.41. The zero-order valence-electron chi connectivity index (χ0n) is 29.2. The van der Waals surface area contributed by atoms with E-state index >= 15 is 0 Å². The van der Waals surface area contributed by atoms with E-state index in [2.05, 4.69) is 23.1 Å². The van der Waals surface area contributed by atoms with Crippen LogP contribution in [0, 0.1) is 0 Å². The van der Waals surface area contributed by atoms with Crippen LogP contribution in [0.2, 0.25) is 0 Å². The lowest BCUT2D eigenvalue weighted by Gasteiger charge is -2.27. The van der Waals surface area contributed by atoms with E-state index in [0.717, 1.165) is 11.1 Å². The molecule has 0 N–H and O–H groups in total. The maximum Gasteiger partial charge on any atom is 0.410 e. The molecule has 2 atom stereocenters. The number of carbonyl (C=O) groups excluding carboxylic acids is 3. The van der Waals surface area contributed by atoms with E-state index in [1.807, 2.05) is 0 Å². The zero-order valence-corrected chi connectivity index (χ0v) is 29.2. The van der Waals surface area contributed by atoms with E-state index in [1.54, 1.807) is 67.3 Å². The van der Waals surface area contributed by atoms with E-state index in [1.165, 1.54) is 19.1 Å². The Balaban J connectivity index is 1.14. The number of rotatable bonds is 10. The summed E-state index contributed by atoms with van der Waals surface area (Å²) < 4.78 is 29.1. The van der Waals surface area contributed by atoms with E-state index in [-0.39, 0.29) is 50.2 Å². The van der Waals surface area contributed by atoms with Crippen molar-refractivity contribution in [2.45, 2.75) is 51.3 Å². The molecule has 4 aliphatic rings. The highest BCUT2D eigenvalue weighted by molar-refractivity contribution is 6.04. The minimum absolute atomic E-state index is 0.0870. The molecule has 2 aromatic carbocycles. The molecule has 0 aromatic heterocycles. The summed E-state index contributed by atoms with van der Waals surface area (Å²) in [5.41, 5.74) is 3.05. The SMILES string of the molecule is C=C1C[C@H]2C=Nc3cc(OCCN(CCOc4cc5c(cc4OC)C(=O)N4CC(=C)C[C@H]4C=N5)C(=O)OC(C)(C)C)c(OC)cc3C(=O)N2C1. The van der Waals surface area contributed by atoms with Gasteiger partial charge in [0.2, 0.25) is 0 Å². The Labute approximate surface area is 291 Å². The number of methoxy groups -OCH3 is 2. The second-order valence-electron chi connectivity index (χ2n) is 13.7. The van der Waals surface area contributed by atoms with Crippen LogP contribution in [0.4, 0.5) is 16.2 Å². The summed E-state index contributed by atoms with van der Waals surface area (Å²) in [7, 11) is 3.00. The predicted molar refractivity (Wildman–Crippen MR) is 188 cm³/mol. The average molecular weight is 686 g/mol. The van der Waals surface area contributed by atoms with Crippen LogP contribution in [-0.2, 0) is 4.74 Å². The molecule has 13 nitrogen and oxygen atoms in total. The molecule has 264 valence electrons. The smallest absolute Gasteiger partial charge is 0.410 e. The third kappa shape index (κ3) is 7.17. The van der Waals surface area contributed by atoms with Gasteiger partial charge in [0.15, 0.2) is 23.0 Å². The fourth-order valence-corrected chi connectivity index (χ4v) is 6.36. The first-order valence-electron chi connectivity index (χ1n) is 16.6. The molecule has 2 saturated heterocycles. The van der Waals surface area contributed by atoms with Crippen LogP contribution in [-0.4, -0.2) is 116 Å². The summed E-state index contributed by atoms with van der Waals surface area (Å²) in [6, 6.07) is 6.36. The molecule has 3 amide bonds. The topological polar surface area (TPSA) is 132 Å². The minimum atomic E-state index is -0.728. The first kappa shape index (κ1) is 34.5. The van der Waals surface area contributed by atoms with Crippen LogP contribution < -0.4 is 18.9 Å². The van der Waals surface area contributed by atoms with Gasteiger partial charge in [0, 0.05) is 37.7 Å². The molecule has 50 heavy (non-hydrogen) atoms. The van der Waals surface area contributed by atoms with Gasteiger partial charge in [-0.15, -0.1) is 0 Å². The molecule has 2 fully saturated rings. The Morgan fingerprint density at radius 1 is 0.780 bits per heavy atom. The fraction of sp³-hybridized carbons (Fsp3) is 0.432. The number of aliphatic imine (C=N–C) groups is 2. The Hall–Kier alpha value is -5.33. The van der Waals surface area contributed by atoms with Crippen molar-refractivity contribution in [2.24, 2.45) is 9.98 Å². The zero-order chi connectivity index (χ0) is 35.7. The maximum atomic E-state index is 13.3. The molecule has 2 aromatic rings. The van der Waals surface area contributed by atoms with Crippen molar-refractivity contribution in [3.8, 4) is 23.0 Å². The molecule has 4 heterocycles. The Kier molecular flexibility index (Phi) is 9.59. The third-order valence-electron chi connectivity index (χ3n) is 8.79. The second-order valence-corrected chi connectivity index (χ2v) is 13.7. The lowest BCUT2D eigenvalue weighted by atomic mass is 10.1. The van der Waals surface area contributed by atoms with Gasteiger partial charge in [-0.25, -0.2) is 4.79 Å². The quantitative estimate of drug-likeness (QED) is 0.305. The number of amides is 3. The van der Waals surface area contributed by atoms with Crippen molar-refractivity contribution in [3.63, 3.8) is 0 Å². The molecule has 0 bridgehead atoms. The average Bonchev–Trinajstić information content (AvgIpc) is 3.58. The van der Waals surface area contributed by atoms with Gasteiger partial charge < -0.3 is 38.4 Å². The number of nitrogens with zero attached hydrogens (tertiary/aromatic N) is 5. The number of ether oxygens (including phenoxy) is 5. The molecule has 0 radical (unpaired) electrons. The van der Waals surface area contributed by atoms with Crippen molar-refractivity contribution < 1.29 is 38.1 Å². The first-order valence-corrected chi connectivity index (χ1v) is 16.6. The fourth-order valence-electron chi connectivity index (χ4n) is 6.36. The molecule has 0 unspecified atom stereocenters. The van der Waals surface area contributed by atoms with Crippen LogP contribution in [0.1, 0.15) is 54.3 Å². The summed E-state index contributed by atoms with van der Waals surface area (Å²) >= 11 is 0. The standard InChI is InChI=1S/C37H43N5O8/c1-22-12-24-18-38-28-16-32(30(46-6)14-26(28)34(43)41(24)20-22)48-10-8-40(36(45)50-37(3,4)5)9-11-49-33-17-29-27(15-31(33)47-7)35(44)42-21-23(2)13-25(42)19-39-29/h14-19,24-25H,1-2,8-13,20-21H2,3-7H3/t24-,25-/m0/s1. The molecule has 4 aliphatic heterocycles. The van der Waals surface area contributed by atoms with Gasteiger partial charge >= 0.3 is 6.09 Å². The summed E-state index contributed by atoms with van der Waals surface area (Å²) in [5.74, 6) is 1.24. The van der Waals surface area contributed by atoms with Crippen molar-refractivity contribution in [1.82, 2.24) is 14.7 Å². The van der Waals surface area contributed by atoms with Crippen molar-refractivity contribution in [1.29, 1.82) is 0 Å². The number of hydrogen-bond donors (Lipinski definition) is 0. The molecule has 0 saturated carbocycles. The van der Waals surface area contributed by atoms with Crippen LogP contribution in [0.15, 0.2) is 58.6 Å². The third-order valence-corrected chi connectivity index (χ3v) is 8.79. The van der Waals surface area contributed by atoms with E-state index in [9.17, 15) is 14.4 Å². The van der Waals surface area contributed by atoms with Crippen LogP contribution in [0.25, 0.3) is 0 Å². The van der Waals surface area contributed by atoms with Crippen LogP contribution >= 0.6 is 0 Å². The predicted octanol–water partition coefficient (Wildman–Crippen LogP) is 5.37. The highest BCUT2D eigenvalue weighted by atomic mass is 16.6. The van der Waals surface area contributed by atoms with Gasteiger partial charge in [0.25, 0.3) is 11.8 Å². The molecule has 0 spiro atoms. The van der Waals surface area contributed by atoms with E-state index in [0.29, 0.717) is 71.4 Å². The number of carbonyl (C=O) groups is 3. The Morgan fingerprint density at radius 2 is 1.22 bits per heavy atom. The minimum Gasteiger partial charge on any atom is -0.493 e. The first-order chi connectivity index (χ1) is 23.8. The van der Waals surface area contributed by atoms with E-state index < -0.39 is 11.7 Å². The summed E-state index contributed by atoms with van der Waals surface area (Å²) in [5, 5.41) is 0. The number of hydrogen-bond acceptors (Lipinski definition) is 10. The van der Waals surface area contributed by atoms with Crippen molar-refractivity contribution in [3.05, 3.63) is 59.7 Å². The van der Waals surface area contributed by atoms with Gasteiger partial charge in [0.1, 0.15) is 18.8 Å². The van der Waals surface area contributed by atoms with Crippen molar-refractivity contribution >= 4 is 41.7 Å². The summed E-state index contributed by atoms with van der Waals surface area (Å²) in [6.45, 7) is 14.9. The van der Waals surface area contributed by atoms with Gasteiger partial charge in [-0.1, -0.05) is 24.3 Å². The van der Waals surface area contributed by atoms with Crippen molar-refractivity contribution in [2.75, 3.05) is 53.6 Å². The largest absolute Gasteiger partial charge is 0.493 e. The van der Waals surface area contributed by atoms with Crippen LogP contribution in [0.3, 0.4) is 0 Å². The second kappa shape index (κ2) is 13.9. The lowest BCUT2D eigenvalue weighted by molar-refractivity contribution is 0.0200. The number of fused-ring (bicyclic) bond motifs is 4. The highest BCUT2D eigenvalue weighted by Crippen LogP contribution is 2.40. The Bertz CT molecular complexity index is 1680. The molecule has 0 aliphatic carbocycles. The summed E-state index contributed by atoms with van der Waals surface area (Å²) in [6.07, 6.45) is 4.35. The normalized spacial score (nSPS) is 19.3. The van der Waals surface area contributed by atoms with Gasteiger partial charge in [-0.3, -0.25) is 19.6 Å². The summed E-state index contributed by atoms with van der Waals surface area (Å²) in [4.78, 5) is 54.1. The van der Waals surface area contributed by atoms with Gasteiger partial charge in [0.05, 0.1) is 61.9 Å². The monoisotopic (exact) mass is 685 g/mol. The molecular formula is C37H43N5O8. The van der Waals surface area contributed by atoms with Crippen LogP contribution in [0.5, 0.6) is 23.0 Å². The van der Waals surface area contributed by atoms with Gasteiger partial charge in [-0.2, -0.15) is 0 Å². The maximum absolute atomic E-state index is 13.3.